The highest BCUT2D eigenvalue weighted by atomic mass is 19.1. The summed E-state index contributed by atoms with van der Waals surface area (Å²) in [6, 6.07) is 6.93. The molecule has 0 radical (unpaired) electrons. The predicted octanol–water partition coefficient (Wildman–Crippen LogP) is 2.03. The highest BCUT2D eigenvalue weighted by Crippen LogP contribution is 2.16. The fourth-order valence-electron chi connectivity index (χ4n) is 2.82. The summed E-state index contributed by atoms with van der Waals surface area (Å²) in [5.41, 5.74) is 7.35. The van der Waals surface area contributed by atoms with E-state index < -0.39 is 0 Å². The van der Waals surface area contributed by atoms with Crippen LogP contribution in [0.4, 0.5) is 10.2 Å². The van der Waals surface area contributed by atoms with Crippen molar-refractivity contribution in [2.24, 2.45) is 0 Å². The Morgan fingerprint density at radius 1 is 1.30 bits per heavy atom. The molecule has 1 unspecified atom stereocenters. The van der Waals surface area contributed by atoms with Crippen LogP contribution in [0.25, 0.3) is 0 Å². The van der Waals surface area contributed by atoms with Crippen molar-refractivity contribution in [2.75, 3.05) is 25.4 Å². The van der Waals surface area contributed by atoms with Crippen LogP contribution in [-0.2, 0) is 17.7 Å². The van der Waals surface area contributed by atoms with Gasteiger partial charge in [-0.05, 0) is 42.7 Å². The number of rotatable bonds is 5. The van der Waals surface area contributed by atoms with E-state index in [1.807, 2.05) is 12.1 Å². The third-order valence-corrected chi connectivity index (χ3v) is 4.03. The van der Waals surface area contributed by atoms with Crippen LogP contribution in [0.3, 0.4) is 0 Å². The second-order valence-corrected chi connectivity index (χ2v) is 5.79. The summed E-state index contributed by atoms with van der Waals surface area (Å²) >= 11 is 0. The van der Waals surface area contributed by atoms with E-state index in [0.717, 1.165) is 31.5 Å². The maximum absolute atomic E-state index is 13.7. The molecule has 1 fully saturated rings. The van der Waals surface area contributed by atoms with Gasteiger partial charge in [-0.2, -0.15) is 0 Å². The van der Waals surface area contributed by atoms with Gasteiger partial charge in [-0.3, -0.25) is 9.88 Å². The van der Waals surface area contributed by atoms with E-state index in [1.54, 1.807) is 18.5 Å². The zero-order chi connectivity index (χ0) is 16.1. The lowest BCUT2D eigenvalue weighted by molar-refractivity contribution is -0.0352. The van der Waals surface area contributed by atoms with E-state index in [9.17, 15) is 4.39 Å². The van der Waals surface area contributed by atoms with Crippen molar-refractivity contribution in [3.63, 3.8) is 0 Å². The molecular weight excluding hydrogens is 295 g/mol. The molecule has 2 N–H and O–H groups in total. The minimum absolute atomic E-state index is 0.143. The first kappa shape index (κ1) is 15.8. The van der Waals surface area contributed by atoms with E-state index in [2.05, 4.69) is 14.9 Å². The standard InChI is InChI=1S/C17H21FN4O/c18-15-2-1-6-20-16(15)12-22-8-9-23-14(11-22)4-3-13-5-7-21-17(19)10-13/h1-2,5-7,10,14H,3-4,8-9,11-12H2,(H2,19,21). The molecule has 0 bridgehead atoms. The predicted molar refractivity (Wildman–Crippen MR) is 86.2 cm³/mol. The number of pyridine rings is 2. The molecule has 0 aromatic carbocycles. The number of aromatic nitrogens is 2. The smallest absolute Gasteiger partial charge is 0.146 e. The fraction of sp³-hybridized carbons (Fsp3) is 0.412. The molecule has 122 valence electrons. The zero-order valence-corrected chi connectivity index (χ0v) is 13.0. The molecule has 23 heavy (non-hydrogen) atoms. The van der Waals surface area contributed by atoms with E-state index >= 15 is 0 Å². The van der Waals surface area contributed by atoms with Gasteiger partial charge in [0.2, 0.25) is 0 Å². The zero-order valence-electron chi connectivity index (χ0n) is 13.0. The molecular formula is C17H21FN4O. The summed E-state index contributed by atoms with van der Waals surface area (Å²) < 4.78 is 19.5. The Bertz CT molecular complexity index is 652. The molecule has 2 aromatic heterocycles. The number of anilines is 1. The lowest BCUT2D eigenvalue weighted by Crippen LogP contribution is -2.42. The van der Waals surface area contributed by atoms with E-state index in [-0.39, 0.29) is 11.9 Å². The number of nitrogen functional groups attached to an aromatic ring is 1. The molecule has 6 heteroatoms. The molecule has 5 nitrogen and oxygen atoms in total. The third kappa shape index (κ3) is 4.46. The van der Waals surface area contributed by atoms with Gasteiger partial charge < -0.3 is 10.5 Å². The molecule has 0 amide bonds. The summed E-state index contributed by atoms with van der Waals surface area (Å²) in [6.45, 7) is 2.78. The van der Waals surface area contributed by atoms with E-state index in [1.165, 1.54) is 6.07 Å². The first-order valence-corrected chi connectivity index (χ1v) is 7.84. The summed E-state index contributed by atoms with van der Waals surface area (Å²) in [5, 5.41) is 0. The van der Waals surface area contributed by atoms with Gasteiger partial charge in [-0.25, -0.2) is 9.37 Å². The molecule has 1 aliphatic rings. The van der Waals surface area contributed by atoms with Gasteiger partial charge in [0.25, 0.3) is 0 Å². The first-order chi connectivity index (χ1) is 11.2. The maximum atomic E-state index is 13.7. The highest BCUT2D eigenvalue weighted by Gasteiger charge is 2.21. The first-order valence-electron chi connectivity index (χ1n) is 7.84. The van der Waals surface area contributed by atoms with Crippen molar-refractivity contribution in [2.45, 2.75) is 25.5 Å². The molecule has 0 aliphatic carbocycles. The van der Waals surface area contributed by atoms with Crippen molar-refractivity contribution in [1.29, 1.82) is 0 Å². The minimum Gasteiger partial charge on any atom is -0.384 e. The maximum Gasteiger partial charge on any atom is 0.146 e. The molecule has 1 aliphatic heterocycles. The van der Waals surface area contributed by atoms with Gasteiger partial charge in [0.05, 0.1) is 18.4 Å². The Hall–Kier alpha value is -2.05. The van der Waals surface area contributed by atoms with Crippen LogP contribution in [-0.4, -0.2) is 40.7 Å². The van der Waals surface area contributed by atoms with Gasteiger partial charge in [-0.15, -0.1) is 0 Å². The number of halogens is 1. The number of hydrogen-bond donors (Lipinski definition) is 1. The number of aryl methyl sites for hydroxylation is 1. The van der Waals surface area contributed by atoms with Gasteiger partial charge in [0, 0.05) is 32.0 Å². The van der Waals surface area contributed by atoms with Crippen molar-refractivity contribution in [3.8, 4) is 0 Å². The van der Waals surface area contributed by atoms with Crippen LogP contribution < -0.4 is 5.73 Å². The molecule has 2 aromatic rings. The molecule has 1 saturated heterocycles. The SMILES string of the molecule is Nc1cc(CCC2CN(Cc3ncccc3F)CCO2)ccn1. The topological polar surface area (TPSA) is 64.3 Å². The largest absolute Gasteiger partial charge is 0.384 e. The van der Waals surface area contributed by atoms with Crippen LogP contribution >= 0.6 is 0 Å². The molecule has 1 atom stereocenters. The van der Waals surface area contributed by atoms with E-state index in [4.69, 9.17) is 10.5 Å². The van der Waals surface area contributed by atoms with Gasteiger partial charge >= 0.3 is 0 Å². The van der Waals surface area contributed by atoms with Crippen LogP contribution in [0.1, 0.15) is 17.7 Å². The quantitative estimate of drug-likeness (QED) is 0.914. The third-order valence-electron chi connectivity index (χ3n) is 4.03. The van der Waals surface area contributed by atoms with Crippen LogP contribution in [0.15, 0.2) is 36.7 Å². The van der Waals surface area contributed by atoms with Crippen LogP contribution in [0, 0.1) is 5.82 Å². The minimum atomic E-state index is -0.247. The number of ether oxygens (including phenoxy) is 1. The number of hydrogen-bond acceptors (Lipinski definition) is 5. The Kier molecular flexibility index (Phi) is 5.15. The van der Waals surface area contributed by atoms with Gasteiger partial charge in [0.1, 0.15) is 11.6 Å². The lowest BCUT2D eigenvalue weighted by atomic mass is 10.1. The number of nitrogens with two attached hydrogens (primary N) is 1. The fourth-order valence-corrected chi connectivity index (χ4v) is 2.82. The monoisotopic (exact) mass is 316 g/mol. The highest BCUT2D eigenvalue weighted by molar-refractivity contribution is 5.31. The van der Waals surface area contributed by atoms with Crippen molar-refractivity contribution in [3.05, 3.63) is 53.7 Å². The Balaban J connectivity index is 1.53. The van der Waals surface area contributed by atoms with Crippen molar-refractivity contribution >= 4 is 5.82 Å². The van der Waals surface area contributed by atoms with E-state index in [0.29, 0.717) is 24.7 Å². The van der Waals surface area contributed by atoms with Gasteiger partial charge in [0.15, 0.2) is 0 Å². The van der Waals surface area contributed by atoms with Gasteiger partial charge in [-0.1, -0.05) is 0 Å². The second kappa shape index (κ2) is 7.48. The average Bonchev–Trinajstić information content (AvgIpc) is 2.56. The second-order valence-electron chi connectivity index (χ2n) is 5.79. The molecule has 3 heterocycles. The summed E-state index contributed by atoms with van der Waals surface area (Å²) in [5.74, 6) is 0.294. The average molecular weight is 316 g/mol. The lowest BCUT2D eigenvalue weighted by Gasteiger charge is -2.32. The Labute approximate surface area is 135 Å². The molecule has 0 spiro atoms. The summed E-state index contributed by atoms with van der Waals surface area (Å²) in [6.07, 6.45) is 5.30. The number of nitrogens with zero attached hydrogens (tertiary/aromatic N) is 3. The Morgan fingerprint density at radius 3 is 3.04 bits per heavy atom. The van der Waals surface area contributed by atoms with Crippen LogP contribution in [0.5, 0.6) is 0 Å². The Morgan fingerprint density at radius 2 is 2.22 bits per heavy atom. The molecule has 0 saturated carbocycles. The number of morpholine rings is 1. The van der Waals surface area contributed by atoms with Crippen molar-refractivity contribution in [1.82, 2.24) is 14.9 Å². The molecule has 3 rings (SSSR count). The summed E-state index contributed by atoms with van der Waals surface area (Å²) in [4.78, 5) is 10.3. The van der Waals surface area contributed by atoms with Crippen molar-refractivity contribution < 1.29 is 9.13 Å². The normalized spacial score (nSPS) is 18.9. The summed E-state index contributed by atoms with van der Waals surface area (Å²) in [7, 11) is 0. The van der Waals surface area contributed by atoms with Crippen LogP contribution in [0.2, 0.25) is 0 Å².